The van der Waals surface area contributed by atoms with Gasteiger partial charge < -0.3 is 23.9 Å². The molecule has 0 unspecified atom stereocenters. The minimum absolute atomic E-state index is 0.122. The lowest BCUT2D eigenvalue weighted by Crippen LogP contribution is -2.12. The van der Waals surface area contributed by atoms with E-state index in [2.05, 4.69) is 8.75 Å². The summed E-state index contributed by atoms with van der Waals surface area (Å²) in [5.74, 6) is 0.861. The third kappa shape index (κ3) is 4.22. The molecule has 0 bridgehead atoms. The second-order valence-electron chi connectivity index (χ2n) is 9.44. The predicted octanol–water partition coefficient (Wildman–Crippen LogP) is 6.40. The molecular formula is C29H27N3O5S. The Hall–Kier alpha value is -4.11. The molecular weight excluding hydrogens is 502 g/mol. The van der Waals surface area contributed by atoms with E-state index in [4.69, 9.17) is 14.2 Å². The topological polar surface area (TPSA) is 95.7 Å². The molecule has 8 nitrogen and oxygen atoms in total. The van der Waals surface area contributed by atoms with Gasteiger partial charge >= 0.3 is 5.97 Å². The molecule has 0 atom stereocenters. The average Bonchev–Trinajstić information content (AvgIpc) is 3.68. The number of methoxy groups -OCH3 is 2. The van der Waals surface area contributed by atoms with Gasteiger partial charge in [0.2, 0.25) is 0 Å². The molecule has 1 fully saturated rings. The Morgan fingerprint density at radius 1 is 0.974 bits per heavy atom. The van der Waals surface area contributed by atoms with Crippen LogP contribution in [0.1, 0.15) is 41.7 Å². The van der Waals surface area contributed by atoms with Gasteiger partial charge in [0.15, 0.2) is 11.5 Å². The maximum Gasteiger partial charge on any atom is 0.353 e. The molecule has 1 N–H and O–H groups in total. The minimum atomic E-state index is -1.03. The number of aromatic nitrogens is 3. The lowest BCUT2D eigenvalue weighted by molar-refractivity contribution is 0.0687. The van der Waals surface area contributed by atoms with Crippen LogP contribution in [-0.2, 0) is 6.54 Å². The van der Waals surface area contributed by atoms with Crippen molar-refractivity contribution in [3.05, 3.63) is 65.9 Å². The number of carboxylic acids is 1. The fraction of sp³-hybridized carbons (Fsp3) is 0.276. The Morgan fingerprint density at radius 2 is 1.74 bits per heavy atom. The molecule has 3 aromatic carbocycles. The monoisotopic (exact) mass is 529 g/mol. The maximum absolute atomic E-state index is 12.9. The number of carboxylic acid groups (broad SMARTS) is 1. The van der Waals surface area contributed by atoms with Gasteiger partial charge in [-0.15, -0.1) is 0 Å². The van der Waals surface area contributed by atoms with E-state index in [0.29, 0.717) is 29.4 Å². The predicted molar refractivity (Wildman–Crippen MR) is 147 cm³/mol. The second-order valence-corrected chi connectivity index (χ2v) is 9.97. The van der Waals surface area contributed by atoms with Gasteiger partial charge in [-0.05, 0) is 55.5 Å². The molecule has 1 aliphatic carbocycles. The minimum Gasteiger partial charge on any atom is -0.496 e. The molecule has 1 saturated carbocycles. The number of para-hydroxylation sites is 1. The Labute approximate surface area is 223 Å². The van der Waals surface area contributed by atoms with Crippen LogP contribution in [0.25, 0.3) is 33.1 Å². The van der Waals surface area contributed by atoms with E-state index < -0.39 is 5.97 Å². The lowest BCUT2D eigenvalue weighted by atomic mass is 10.0. The highest BCUT2D eigenvalue weighted by Gasteiger charge is 2.27. The summed E-state index contributed by atoms with van der Waals surface area (Å²) in [6.45, 7) is 0.303. The molecule has 9 heteroatoms. The molecule has 2 aromatic heterocycles. The van der Waals surface area contributed by atoms with Crippen molar-refractivity contribution in [1.29, 1.82) is 0 Å². The second kappa shape index (κ2) is 9.98. The van der Waals surface area contributed by atoms with Gasteiger partial charge in [0.05, 0.1) is 44.1 Å². The van der Waals surface area contributed by atoms with Gasteiger partial charge in [0.25, 0.3) is 0 Å². The number of rotatable bonds is 8. The first-order valence-corrected chi connectivity index (χ1v) is 13.3. The third-order valence-electron chi connectivity index (χ3n) is 7.21. The summed E-state index contributed by atoms with van der Waals surface area (Å²) in [5, 5.41) is 11.3. The Kier molecular flexibility index (Phi) is 6.37. The van der Waals surface area contributed by atoms with Crippen LogP contribution in [0.4, 0.5) is 0 Å². The summed E-state index contributed by atoms with van der Waals surface area (Å²) in [6, 6.07) is 17.1. The van der Waals surface area contributed by atoms with Crippen LogP contribution >= 0.6 is 11.7 Å². The van der Waals surface area contributed by atoms with Gasteiger partial charge in [-0.3, -0.25) is 0 Å². The van der Waals surface area contributed by atoms with Crippen molar-refractivity contribution in [3.8, 4) is 28.4 Å². The maximum atomic E-state index is 12.9. The van der Waals surface area contributed by atoms with E-state index in [-0.39, 0.29) is 11.8 Å². The molecule has 0 saturated heterocycles. The molecule has 0 amide bonds. The summed E-state index contributed by atoms with van der Waals surface area (Å²) in [5.41, 5.74) is 4.64. The highest BCUT2D eigenvalue weighted by molar-refractivity contribution is 7.00. The number of carbonyl (C=O) groups is 1. The molecule has 5 aromatic rings. The Bertz CT molecular complexity index is 1650. The summed E-state index contributed by atoms with van der Waals surface area (Å²) in [6.07, 6.45) is 4.39. The molecule has 38 heavy (non-hydrogen) atoms. The van der Waals surface area contributed by atoms with Crippen molar-refractivity contribution < 1.29 is 24.1 Å². The molecule has 6 rings (SSSR count). The SMILES string of the molecule is COc1ccccc1Cn1c(C(=O)O)c(-c2ccc3nsnc3c2)c2cc(OC)c(OC3CCCC3)cc21. The highest BCUT2D eigenvalue weighted by Crippen LogP contribution is 2.43. The molecule has 1 aliphatic rings. The largest absolute Gasteiger partial charge is 0.496 e. The van der Waals surface area contributed by atoms with Crippen LogP contribution in [0.3, 0.4) is 0 Å². The standard InChI is InChI=1S/C29H27N3O5S/c1-35-24-10-6-3-7-18(24)16-32-23-15-26(37-19-8-4-5-9-19)25(36-2)14-20(23)27(28(32)29(33)34)17-11-12-21-22(13-17)31-38-30-21/h3,6-7,10-15,19H,4-5,8-9,16H2,1-2H3,(H,33,34). The van der Waals surface area contributed by atoms with Gasteiger partial charge in [-0.1, -0.05) is 24.3 Å². The van der Waals surface area contributed by atoms with Crippen molar-refractivity contribution >= 4 is 39.6 Å². The molecule has 194 valence electrons. The number of benzene rings is 3. The first-order valence-electron chi connectivity index (χ1n) is 12.6. The normalized spacial score (nSPS) is 13.8. The summed E-state index contributed by atoms with van der Waals surface area (Å²) in [4.78, 5) is 12.9. The van der Waals surface area contributed by atoms with E-state index >= 15 is 0 Å². The fourth-order valence-electron chi connectivity index (χ4n) is 5.41. The molecule has 2 heterocycles. The molecule has 0 radical (unpaired) electrons. The third-order valence-corrected chi connectivity index (χ3v) is 7.77. The van der Waals surface area contributed by atoms with Crippen molar-refractivity contribution in [1.82, 2.24) is 13.3 Å². The number of aromatic carboxylic acids is 1. The lowest BCUT2D eigenvalue weighted by Gasteiger charge is -2.17. The van der Waals surface area contributed by atoms with Crippen LogP contribution in [0.15, 0.2) is 54.6 Å². The quantitative estimate of drug-likeness (QED) is 0.249. The van der Waals surface area contributed by atoms with Crippen LogP contribution < -0.4 is 14.2 Å². The van der Waals surface area contributed by atoms with Gasteiger partial charge in [-0.2, -0.15) is 8.75 Å². The zero-order chi connectivity index (χ0) is 26.2. The smallest absolute Gasteiger partial charge is 0.353 e. The van der Waals surface area contributed by atoms with Crippen molar-refractivity contribution in [2.24, 2.45) is 0 Å². The Balaban J connectivity index is 1.63. The number of hydrogen-bond donors (Lipinski definition) is 1. The van der Waals surface area contributed by atoms with Gasteiger partial charge in [-0.25, -0.2) is 4.79 Å². The number of fused-ring (bicyclic) bond motifs is 2. The number of ether oxygens (including phenoxy) is 3. The number of hydrogen-bond acceptors (Lipinski definition) is 7. The summed E-state index contributed by atoms with van der Waals surface area (Å²) < 4.78 is 28.2. The van der Waals surface area contributed by atoms with Crippen LogP contribution in [0.2, 0.25) is 0 Å². The van der Waals surface area contributed by atoms with Gasteiger partial charge in [0, 0.05) is 22.6 Å². The first-order chi connectivity index (χ1) is 18.6. The Morgan fingerprint density at radius 3 is 2.50 bits per heavy atom. The van der Waals surface area contributed by atoms with Crippen LogP contribution in [-0.4, -0.2) is 44.7 Å². The zero-order valence-corrected chi connectivity index (χ0v) is 22.0. The van der Waals surface area contributed by atoms with E-state index in [1.54, 1.807) is 14.2 Å². The van der Waals surface area contributed by atoms with Gasteiger partial charge in [0.1, 0.15) is 22.5 Å². The first kappa shape index (κ1) is 24.2. The summed E-state index contributed by atoms with van der Waals surface area (Å²) in [7, 11) is 3.23. The van der Waals surface area contributed by atoms with E-state index in [0.717, 1.165) is 70.5 Å². The van der Waals surface area contributed by atoms with E-state index in [1.165, 1.54) is 0 Å². The number of nitrogens with zero attached hydrogens (tertiary/aromatic N) is 3. The highest BCUT2D eigenvalue weighted by atomic mass is 32.1. The molecule has 0 spiro atoms. The van der Waals surface area contributed by atoms with Crippen molar-refractivity contribution in [2.45, 2.75) is 38.3 Å². The van der Waals surface area contributed by atoms with Crippen molar-refractivity contribution in [2.75, 3.05) is 14.2 Å². The van der Waals surface area contributed by atoms with Crippen LogP contribution in [0, 0.1) is 0 Å². The molecule has 0 aliphatic heterocycles. The van der Waals surface area contributed by atoms with E-state index in [9.17, 15) is 9.90 Å². The zero-order valence-electron chi connectivity index (χ0n) is 21.1. The van der Waals surface area contributed by atoms with E-state index in [1.807, 2.05) is 59.2 Å². The fourth-order valence-corrected chi connectivity index (χ4v) is 5.93. The summed E-state index contributed by atoms with van der Waals surface area (Å²) >= 11 is 1.13. The average molecular weight is 530 g/mol. The van der Waals surface area contributed by atoms with Crippen molar-refractivity contribution in [3.63, 3.8) is 0 Å². The van der Waals surface area contributed by atoms with Crippen LogP contribution in [0.5, 0.6) is 17.2 Å².